The third-order valence-electron chi connectivity index (χ3n) is 3.33. The van der Waals surface area contributed by atoms with E-state index in [9.17, 15) is 28.2 Å². The molecule has 1 fully saturated rings. The van der Waals surface area contributed by atoms with Gasteiger partial charge in [-0.15, -0.1) is 0 Å². The van der Waals surface area contributed by atoms with E-state index in [2.05, 4.69) is 4.98 Å². The van der Waals surface area contributed by atoms with Crippen LogP contribution in [0, 0.1) is 0 Å². The number of aromatic nitrogens is 2. The molecule has 1 aromatic rings. The number of anilines is 1. The molecule has 0 radical (unpaired) electrons. The van der Waals surface area contributed by atoms with Crippen LogP contribution >= 0.6 is 0 Å². The number of aliphatic hydroxyl groups excluding tert-OH is 2. The highest BCUT2D eigenvalue weighted by atomic mass is 19.4. The maximum absolute atomic E-state index is 12.6. The van der Waals surface area contributed by atoms with Gasteiger partial charge in [-0.2, -0.15) is 18.2 Å². The first-order chi connectivity index (χ1) is 9.67. The van der Waals surface area contributed by atoms with Gasteiger partial charge in [0.2, 0.25) is 0 Å². The molecule has 0 spiro atoms. The molecule has 1 aromatic heterocycles. The number of hydrogen-bond donors (Lipinski definition) is 3. The quantitative estimate of drug-likeness (QED) is 0.712. The zero-order valence-corrected chi connectivity index (χ0v) is 10.7. The summed E-state index contributed by atoms with van der Waals surface area (Å²) >= 11 is 0. The summed E-state index contributed by atoms with van der Waals surface area (Å²) in [5.41, 5.74) is 2.31. The fourth-order valence-electron chi connectivity index (χ4n) is 2.32. The summed E-state index contributed by atoms with van der Waals surface area (Å²) in [6, 6.07) is 1.28. The molecule has 21 heavy (non-hydrogen) atoms. The van der Waals surface area contributed by atoms with Gasteiger partial charge in [0.1, 0.15) is 17.6 Å². The van der Waals surface area contributed by atoms with Crippen molar-refractivity contribution >= 4 is 5.82 Å². The van der Waals surface area contributed by atoms with E-state index in [0.29, 0.717) is 0 Å². The van der Waals surface area contributed by atoms with Crippen LogP contribution in [-0.4, -0.2) is 44.3 Å². The van der Waals surface area contributed by atoms with Crippen molar-refractivity contribution in [3.05, 3.63) is 22.7 Å². The van der Waals surface area contributed by atoms with Gasteiger partial charge < -0.3 is 20.7 Å². The fourth-order valence-corrected chi connectivity index (χ4v) is 2.32. The van der Waals surface area contributed by atoms with E-state index in [-0.39, 0.29) is 12.2 Å². The molecule has 0 bridgehead atoms. The molecular weight excluding hydrogens is 295 g/mol. The molecule has 2 heterocycles. The number of nitrogens with zero attached hydrogens (tertiary/aromatic N) is 2. The zero-order chi connectivity index (χ0) is 15.8. The molecule has 3 atom stereocenters. The Hall–Kier alpha value is -1.65. The second-order valence-electron chi connectivity index (χ2n) is 4.88. The lowest BCUT2D eigenvalue weighted by molar-refractivity contribution is -0.216. The molecular formula is C11H14F3N3O4. The Balaban J connectivity index is 2.29. The van der Waals surface area contributed by atoms with Gasteiger partial charge in [0.05, 0.1) is 19.1 Å². The minimum absolute atomic E-state index is 0.0430. The summed E-state index contributed by atoms with van der Waals surface area (Å²) in [7, 11) is 0. The molecule has 1 unspecified atom stereocenters. The van der Waals surface area contributed by atoms with E-state index in [1.807, 2.05) is 0 Å². The maximum atomic E-state index is 12.6. The molecule has 1 aliphatic heterocycles. The SMILES string of the molecule is Nc1ccn([C@H]2C[C@H](O)C(CO)(CC(F)(F)F)O2)c(=O)n1. The van der Waals surface area contributed by atoms with Crippen molar-refractivity contribution in [3.8, 4) is 0 Å². The molecule has 10 heteroatoms. The monoisotopic (exact) mass is 309 g/mol. The summed E-state index contributed by atoms with van der Waals surface area (Å²) in [6.07, 6.45) is -7.95. The van der Waals surface area contributed by atoms with Gasteiger partial charge >= 0.3 is 11.9 Å². The third-order valence-corrected chi connectivity index (χ3v) is 3.33. The minimum Gasteiger partial charge on any atom is -0.393 e. The molecule has 0 saturated carbocycles. The highest BCUT2D eigenvalue weighted by Gasteiger charge is 2.54. The summed E-state index contributed by atoms with van der Waals surface area (Å²) in [6.45, 7) is -1.03. The zero-order valence-electron chi connectivity index (χ0n) is 10.7. The number of hydrogen-bond acceptors (Lipinski definition) is 6. The normalized spacial score (nSPS) is 29.8. The van der Waals surface area contributed by atoms with Crippen molar-refractivity contribution in [2.45, 2.75) is 37.0 Å². The van der Waals surface area contributed by atoms with Crippen molar-refractivity contribution in [2.24, 2.45) is 0 Å². The predicted octanol–water partition coefficient (Wildman–Crippen LogP) is -0.211. The van der Waals surface area contributed by atoms with Gasteiger partial charge in [-0.1, -0.05) is 0 Å². The van der Waals surface area contributed by atoms with Crippen molar-refractivity contribution < 1.29 is 28.1 Å². The van der Waals surface area contributed by atoms with Crippen LogP contribution in [0.15, 0.2) is 17.1 Å². The Morgan fingerprint density at radius 2 is 2.24 bits per heavy atom. The molecule has 4 N–H and O–H groups in total. The standard InChI is InChI=1S/C11H14F3N3O4/c12-11(13,14)4-10(5-18)6(19)3-8(21-10)17-2-1-7(15)16-9(17)20/h1-2,6,8,18-19H,3-5H2,(H2,15,16,20)/t6-,8+,10?/m0/s1. The van der Waals surface area contributed by atoms with Crippen molar-refractivity contribution in [2.75, 3.05) is 12.3 Å². The van der Waals surface area contributed by atoms with Crippen LogP contribution in [0.3, 0.4) is 0 Å². The lowest BCUT2D eigenvalue weighted by Gasteiger charge is -2.30. The second-order valence-corrected chi connectivity index (χ2v) is 4.88. The minimum atomic E-state index is -4.64. The average molecular weight is 309 g/mol. The Labute approximate surface area is 116 Å². The van der Waals surface area contributed by atoms with Crippen LogP contribution in [0.5, 0.6) is 0 Å². The van der Waals surface area contributed by atoms with E-state index in [4.69, 9.17) is 10.5 Å². The summed E-state index contributed by atoms with van der Waals surface area (Å²) in [5.74, 6) is -0.0430. The molecule has 7 nitrogen and oxygen atoms in total. The van der Waals surface area contributed by atoms with Gasteiger partial charge in [-0.3, -0.25) is 4.57 Å². The molecule has 1 aliphatic rings. The smallest absolute Gasteiger partial charge is 0.392 e. The number of ether oxygens (including phenoxy) is 1. The van der Waals surface area contributed by atoms with Crippen molar-refractivity contribution in [3.63, 3.8) is 0 Å². The van der Waals surface area contributed by atoms with Gasteiger partial charge in [0.25, 0.3) is 0 Å². The number of aliphatic hydroxyl groups is 2. The van der Waals surface area contributed by atoms with E-state index in [0.717, 1.165) is 4.57 Å². The predicted molar refractivity (Wildman–Crippen MR) is 64.1 cm³/mol. The largest absolute Gasteiger partial charge is 0.393 e. The van der Waals surface area contributed by atoms with Gasteiger partial charge in [-0.25, -0.2) is 4.79 Å². The first-order valence-electron chi connectivity index (χ1n) is 6.05. The molecule has 1 saturated heterocycles. The second kappa shape index (κ2) is 5.28. The van der Waals surface area contributed by atoms with Crippen LogP contribution < -0.4 is 11.4 Å². The van der Waals surface area contributed by atoms with Gasteiger partial charge in [0, 0.05) is 12.6 Å². The summed E-state index contributed by atoms with van der Waals surface area (Å²) < 4.78 is 43.8. The molecule has 118 valence electrons. The highest BCUT2D eigenvalue weighted by molar-refractivity contribution is 5.23. The Morgan fingerprint density at radius 1 is 1.57 bits per heavy atom. The summed E-state index contributed by atoms with van der Waals surface area (Å²) in [4.78, 5) is 15.1. The molecule has 0 aliphatic carbocycles. The van der Waals surface area contributed by atoms with Crippen LogP contribution in [0.4, 0.5) is 19.0 Å². The van der Waals surface area contributed by atoms with Crippen LogP contribution in [0.1, 0.15) is 19.1 Å². The number of alkyl halides is 3. The molecule has 0 amide bonds. The van der Waals surface area contributed by atoms with E-state index in [1.165, 1.54) is 12.3 Å². The van der Waals surface area contributed by atoms with Crippen LogP contribution in [0.2, 0.25) is 0 Å². The third kappa shape index (κ3) is 3.17. The first-order valence-corrected chi connectivity index (χ1v) is 6.05. The number of rotatable bonds is 3. The number of nitrogens with two attached hydrogens (primary N) is 1. The topological polar surface area (TPSA) is 111 Å². The number of nitrogen functional groups attached to an aromatic ring is 1. The van der Waals surface area contributed by atoms with Gasteiger partial charge in [0.15, 0.2) is 0 Å². The van der Waals surface area contributed by atoms with Crippen LogP contribution in [0.25, 0.3) is 0 Å². The van der Waals surface area contributed by atoms with E-state index >= 15 is 0 Å². The van der Waals surface area contributed by atoms with Gasteiger partial charge in [-0.05, 0) is 6.07 Å². The maximum Gasteiger partial charge on any atom is 0.392 e. The molecule has 2 rings (SSSR count). The fraction of sp³-hybridized carbons (Fsp3) is 0.636. The first kappa shape index (κ1) is 15.7. The van der Waals surface area contributed by atoms with Crippen molar-refractivity contribution in [1.29, 1.82) is 0 Å². The van der Waals surface area contributed by atoms with E-state index < -0.39 is 42.8 Å². The van der Waals surface area contributed by atoms with Crippen molar-refractivity contribution in [1.82, 2.24) is 9.55 Å². The Bertz CT molecular complexity index is 577. The highest BCUT2D eigenvalue weighted by Crippen LogP contribution is 2.42. The number of halogens is 3. The average Bonchev–Trinajstić information content (AvgIpc) is 2.65. The molecule has 0 aromatic carbocycles. The lowest BCUT2D eigenvalue weighted by Crippen LogP contribution is -2.46. The summed E-state index contributed by atoms with van der Waals surface area (Å²) in [5, 5.41) is 19.1. The Morgan fingerprint density at radius 3 is 2.76 bits per heavy atom. The Kier molecular flexibility index (Phi) is 3.95. The van der Waals surface area contributed by atoms with E-state index in [1.54, 1.807) is 0 Å². The lowest BCUT2D eigenvalue weighted by atomic mass is 9.93. The van der Waals surface area contributed by atoms with Crippen LogP contribution in [-0.2, 0) is 4.74 Å².